The molecule has 0 aliphatic carbocycles. The van der Waals surface area contributed by atoms with Crippen LogP contribution in [0.15, 0.2) is 0 Å². The van der Waals surface area contributed by atoms with Gasteiger partial charge in [-0.25, -0.2) is 0 Å². The Bertz CT molecular complexity index is 221. The van der Waals surface area contributed by atoms with Crippen molar-refractivity contribution in [2.24, 2.45) is 0 Å². The average Bonchev–Trinajstić information content (AvgIpc) is 2.40. The molecule has 0 spiro atoms. The van der Waals surface area contributed by atoms with E-state index >= 15 is 0 Å². The van der Waals surface area contributed by atoms with E-state index in [1.807, 2.05) is 0 Å². The minimum Gasteiger partial charge on any atom is -0.377 e. The lowest BCUT2D eigenvalue weighted by molar-refractivity contribution is 0.0418. The fourth-order valence-corrected chi connectivity index (χ4v) is 2.97. The van der Waals surface area contributed by atoms with Gasteiger partial charge in [-0.2, -0.15) is 0 Å². The molecule has 0 amide bonds. The van der Waals surface area contributed by atoms with E-state index in [9.17, 15) is 0 Å². The van der Waals surface area contributed by atoms with Gasteiger partial charge in [-0.1, -0.05) is 0 Å². The predicted octanol–water partition coefficient (Wildman–Crippen LogP) is 0.781. The van der Waals surface area contributed by atoms with Crippen LogP contribution in [0, 0.1) is 0 Å². The number of nitrogens with one attached hydrogen (secondary N) is 1. The molecular weight excluding hydrogens is 226 g/mol. The first-order chi connectivity index (χ1) is 8.75. The van der Waals surface area contributed by atoms with Crippen molar-refractivity contribution in [1.82, 2.24) is 15.1 Å². The van der Waals surface area contributed by atoms with Gasteiger partial charge in [0.1, 0.15) is 0 Å². The molecule has 2 fully saturated rings. The van der Waals surface area contributed by atoms with Crippen LogP contribution in [0.4, 0.5) is 0 Å². The highest BCUT2D eigenvalue weighted by molar-refractivity contribution is 4.82. The fraction of sp³-hybridized carbons (Fsp3) is 1.00. The third-order valence-corrected chi connectivity index (χ3v) is 4.08. The van der Waals surface area contributed by atoms with Crippen molar-refractivity contribution in [2.75, 3.05) is 52.4 Å². The number of piperazine rings is 1. The van der Waals surface area contributed by atoms with Gasteiger partial charge in [-0.05, 0) is 39.8 Å². The van der Waals surface area contributed by atoms with Crippen LogP contribution in [-0.4, -0.2) is 74.4 Å². The molecule has 0 atom stereocenters. The van der Waals surface area contributed by atoms with E-state index in [1.54, 1.807) is 0 Å². The standard InChI is InChI=1S/C14H29N3O/c1-13(2)18-12-11-16-7-3-14(4-8-16)17-9-5-15-6-10-17/h13-15H,3-12H2,1-2H3. The molecule has 4 nitrogen and oxygen atoms in total. The number of nitrogens with zero attached hydrogens (tertiary/aromatic N) is 2. The van der Waals surface area contributed by atoms with Gasteiger partial charge < -0.3 is 15.0 Å². The lowest BCUT2D eigenvalue weighted by Gasteiger charge is -2.40. The van der Waals surface area contributed by atoms with Crippen molar-refractivity contribution >= 4 is 0 Å². The summed E-state index contributed by atoms with van der Waals surface area (Å²) in [6.45, 7) is 13.5. The van der Waals surface area contributed by atoms with E-state index in [-0.39, 0.29) is 0 Å². The summed E-state index contributed by atoms with van der Waals surface area (Å²) in [4.78, 5) is 5.24. The molecular formula is C14H29N3O. The van der Waals surface area contributed by atoms with Crippen LogP contribution in [0.1, 0.15) is 26.7 Å². The zero-order valence-electron chi connectivity index (χ0n) is 12.0. The zero-order valence-corrected chi connectivity index (χ0v) is 12.0. The molecule has 18 heavy (non-hydrogen) atoms. The van der Waals surface area contributed by atoms with E-state index < -0.39 is 0 Å². The Morgan fingerprint density at radius 1 is 1.11 bits per heavy atom. The smallest absolute Gasteiger partial charge is 0.0596 e. The zero-order chi connectivity index (χ0) is 12.8. The topological polar surface area (TPSA) is 27.7 Å². The minimum atomic E-state index is 0.364. The summed E-state index contributed by atoms with van der Waals surface area (Å²) >= 11 is 0. The molecule has 0 aromatic carbocycles. The second-order valence-electron chi connectivity index (χ2n) is 5.78. The van der Waals surface area contributed by atoms with E-state index in [1.165, 1.54) is 52.1 Å². The number of piperidine rings is 1. The minimum absolute atomic E-state index is 0.364. The van der Waals surface area contributed by atoms with Crippen LogP contribution >= 0.6 is 0 Å². The van der Waals surface area contributed by atoms with Gasteiger partial charge in [0.2, 0.25) is 0 Å². The van der Waals surface area contributed by atoms with Crippen molar-refractivity contribution in [3.8, 4) is 0 Å². The molecule has 0 aromatic rings. The Labute approximate surface area is 112 Å². The quantitative estimate of drug-likeness (QED) is 0.786. The average molecular weight is 255 g/mol. The molecule has 2 aliphatic heterocycles. The summed E-state index contributed by atoms with van der Waals surface area (Å²) in [6.07, 6.45) is 3.03. The fourth-order valence-electron chi connectivity index (χ4n) is 2.97. The molecule has 0 aromatic heterocycles. The Hall–Kier alpha value is -0.160. The Morgan fingerprint density at radius 3 is 2.39 bits per heavy atom. The number of hydrogen-bond acceptors (Lipinski definition) is 4. The predicted molar refractivity (Wildman–Crippen MR) is 75.0 cm³/mol. The first-order valence-electron chi connectivity index (χ1n) is 7.54. The second kappa shape index (κ2) is 7.43. The molecule has 1 N–H and O–H groups in total. The van der Waals surface area contributed by atoms with Gasteiger partial charge in [-0.3, -0.25) is 4.90 Å². The Morgan fingerprint density at radius 2 is 1.78 bits per heavy atom. The normalized spacial score (nSPS) is 24.8. The Kier molecular flexibility index (Phi) is 5.89. The van der Waals surface area contributed by atoms with Crippen molar-refractivity contribution in [3.63, 3.8) is 0 Å². The van der Waals surface area contributed by atoms with Gasteiger partial charge in [0.25, 0.3) is 0 Å². The summed E-state index contributed by atoms with van der Waals surface area (Å²) in [5, 5.41) is 3.43. The molecule has 4 heteroatoms. The summed E-state index contributed by atoms with van der Waals surface area (Å²) in [5.41, 5.74) is 0. The highest BCUT2D eigenvalue weighted by Crippen LogP contribution is 2.16. The lowest BCUT2D eigenvalue weighted by atomic mass is 10.0. The van der Waals surface area contributed by atoms with E-state index in [4.69, 9.17) is 4.74 Å². The number of likely N-dealkylation sites (tertiary alicyclic amines) is 1. The maximum absolute atomic E-state index is 5.63. The summed E-state index contributed by atoms with van der Waals surface area (Å²) in [7, 11) is 0. The van der Waals surface area contributed by atoms with Crippen LogP contribution in [-0.2, 0) is 4.74 Å². The highest BCUT2D eigenvalue weighted by atomic mass is 16.5. The van der Waals surface area contributed by atoms with E-state index in [0.717, 1.165) is 19.2 Å². The lowest BCUT2D eigenvalue weighted by Crippen LogP contribution is -2.52. The van der Waals surface area contributed by atoms with Crippen LogP contribution in [0.5, 0.6) is 0 Å². The van der Waals surface area contributed by atoms with Crippen molar-refractivity contribution in [2.45, 2.75) is 38.8 Å². The van der Waals surface area contributed by atoms with Crippen LogP contribution in [0.25, 0.3) is 0 Å². The maximum Gasteiger partial charge on any atom is 0.0596 e. The van der Waals surface area contributed by atoms with Crippen molar-refractivity contribution in [3.05, 3.63) is 0 Å². The summed E-state index contributed by atoms with van der Waals surface area (Å²) in [5.74, 6) is 0. The summed E-state index contributed by atoms with van der Waals surface area (Å²) in [6, 6.07) is 0.828. The van der Waals surface area contributed by atoms with Gasteiger partial charge >= 0.3 is 0 Å². The van der Waals surface area contributed by atoms with Crippen LogP contribution in [0.2, 0.25) is 0 Å². The highest BCUT2D eigenvalue weighted by Gasteiger charge is 2.25. The largest absolute Gasteiger partial charge is 0.377 e. The molecule has 0 radical (unpaired) electrons. The number of hydrogen-bond donors (Lipinski definition) is 1. The second-order valence-corrected chi connectivity index (χ2v) is 5.78. The third-order valence-electron chi connectivity index (χ3n) is 4.08. The van der Waals surface area contributed by atoms with Crippen molar-refractivity contribution in [1.29, 1.82) is 0 Å². The number of rotatable bonds is 5. The van der Waals surface area contributed by atoms with E-state index in [2.05, 4.69) is 29.0 Å². The Balaban J connectivity index is 1.61. The molecule has 2 aliphatic rings. The van der Waals surface area contributed by atoms with Gasteiger partial charge in [0.15, 0.2) is 0 Å². The van der Waals surface area contributed by atoms with Gasteiger partial charge in [-0.15, -0.1) is 0 Å². The van der Waals surface area contributed by atoms with E-state index in [0.29, 0.717) is 6.10 Å². The van der Waals surface area contributed by atoms with Crippen LogP contribution < -0.4 is 5.32 Å². The van der Waals surface area contributed by atoms with Crippen molar-refractivity contribution < 1.29 is 4.74 Å². The summed E-state index contributed by atoms with van der Waals surface area (Å²) < 4.78 is 5.63. The molecule has 0 bridgehead atoms. The first-order valence-corrected chi connectivity index (χ1v) is 7.54. The maximum atomic E-state index is 5.63. The number of ether oxygens (including phenoxy) is 1. The van der Waals surface area contributed by atoms with Gasteiger partial charge in [0.05, 0.1) is 12.7 Å². The first kappa shape index (κ1) is 14.3. The molecule has 2 heterocycles. The SMILES string of the molecule is CC(C)OCCN1CCC(N2CCNCC2)CC1. The third kappa shape index (κ3) is 4.50. The molecule has 2 rings (SSSR count). The van der Waals surface area contributed by atoms with Gasteiger partial charge in [0, 0.05) is 38.8 Å². The molecule has 106 valence electrons. The van der Waals surface area contributed by atoms with Crippen LogP contribution in [0.3, 0.4) is 0 Å². The molecule has 2 saturated heterocycles. The molecule has 0 saturated carbocycles. The monoisotopic (exact) mass is 255 g/mol. The molecule has 0 unspecified atom stereocenters.